The third kappa shape index (κ3) is 3.11. The number of hydrogen-bond donors (Lipinski definition) is 1. The van der Waals surface area contributed by atoms with Crippen molar-refractivity contribution in [1.82, 2.24) is 10.2 Å². The van der Waals surface area contributed by atoms with E-state index in [9.17, 15) is 14.4 Å². The van der Waals surface area contributed by atoms with Gasteiger partial charge in [0.2, 0.25) is 11.8 Å². The number of nitrogens with one attached hydrogen (secondary N) is 1. The third-order valence-corrected chi connectivity index (χ3v) is 5.70. The zero-order chi connectivity index (χ0) is 18.7. The lowest BCUT2D eigenvalue weighted by atomic mass is 9.63. The molecule has 3 aliphatic rings. The van der Waals surface area contributed by atoms with E-state index < -0.39 is 11.3 Å². The summed E-state index contributed by atoms with van der Waals surface area (Å²) in [6, 6.07) is 0. The van der Waals surface area contributed by atoms with Gasteiger partial charge in [0.15, 0.2) is 0 Å². The van der Waals surface area contributed by atoms with E-state index in [1.54, 1.807) is 11.8 Å². The molecule has 26 heavy (non-hydrogen) atoms. The van der Waals surface area contributed by atoms with Gasteiger partial charge in [-0.05, 0) is 51.0 Å². The standard InChI is InChI=1S/C20H26N2O4/c1-3-10-21-16(23)12-15-13-20(19(25)26-4-2)9-5-7-14-8-6-11-22(17(14)20)18(15)24/h1,15H,4-13H2,2H3,(H,21,23)/t15-,20-/m0/s1. The van der Waals surface area contributed by atoms with E-state index in [1.807, 2.05) is 0 Å². The molecular weight excluding hydrogens is 332 g/mol. The van der Waals surface area contributed by atoms with Crippen molar-refractivity contribution in [2.45, 2.75) is 51.9 Å². The van der Waals surface area contributed by atoms with Crippen molar-refractivity contribution in [2.75, 3.05) is 19.7 Å². The molecule has 2 aliphatic heterocycles. The molecule has 0 saturated carbocycles. The molecule has 0 aromatic heterocycles. The van der Waals surface area contributed by atoms with Gasteiger partial charge in [0.25, 0.3) is 0 Å². The Kier molecular flexibility index (Phi) is 5.36. The van der Waals surface area contributed by atoms with Crippen molar-refractivity contribution >= 4 is 17.8 Å². The SMILES string of the molecule is C#CCNC(=O)C[C@H]1C[C@@]2(C(=O)OCC)CCCC3=C2N(CCC3)C1=O. The summed E-state index contributed by atoms with van der Waals surface area (Å²) >= 11 is 0. The number of rotatable bonds is 5. The largest absolute Gasteiger partial charge is 0.465 e. The minimum atomic E-state index is -0.783. The molecule has 2 atom stereocenters. The smallest absolute Gasteiger partial charge is 0.318 e. The number of amides is 2. The van der Waals surface area contributed by atoms with E-state index in [-0.39, 0.29) is 30.7 Å². The number of hydrogen-bond acceptors (Lipinski definition) is 4. The van der Waals surface area contributed by atoms with Gasteiger partial charge in [-0.15, -0.1) is 6.42 Å². The summed E-state index contributed by atoms with van der Waals surface area (Å²) < 4.78 is 5.42. The molecule has 1 aliphatic carbocycles. The molecule has 6 nitrogen and oxygen atoms in total. The Hall–Kier alpha value is -2.29. The summed E-state index contributed by atoms with van der Waals surface area (Å²) in [7, 11) is 0. The van der Waals surface area contributed by atoms with Gasteiger partial charge in [-0.1, -0.05) is 5.92 Å². The van der Waals surface area contributed by atoms with Crippen molar-refractivity contribution in [3.05, 3.63) is 11.3 Å². The predicted octanol–water partition coefficient (Wildman–Crippen LogP) is 1.76. The van der Waals surface area contributed by atoms with Crippen LogP contribution in [0.3, 0.4) is 0 Å². The summed E-state index contributed by atoms with van der Waals surface area (Å²) in [5.74, 6) is 1.30. The van der Waals surface area contributed by atoms with Gasteiger partial charge < -0.3 is 15.0 Å². The second-order valence-electron chi connectivity index (χ2n) is 7.29. The van der Waals surface area contributed by atoms with Gasteiger partial charge >= 0.3 is 5.97 Å². The number of allylic oxidation sites excluding steroid dienone is 1. The molecule has 140 valence electrons. The van der Waals surface area contributed by atoms with Gasteiger partial charge in [-0.2, -0.15) is 0 Å². The van der Waals surface area contributed by atoms with Crippen LogP contribution in [0.4, 0.5) is 0 Å². The Balaban J connectivity index is 1.94. The van der Waals surface area contributed by atoms with E-state index in [1.165, 1.54) is 5.57 Å². The first-order chi connectivity index (χ1) is 12.5. The quantitative estimate of drug-likeness (QED) is 0.600. The van der Waals surface area contributed by atoms with Crippen molar-refractivity contribution in [1.29, 1.82) is 0 Å². The van der Waals surface area contributed by atoms with Crippen LogP contribution in [-0.2, 0) is 19.1 Å². The molecule has 0 spiro atoms. The van der Waals surface area contributed by atoms with E-state index >= 15 is 0 Å². The molecule has 0 aromatic carbocycles. The lowest BCUT2D eigenvalue weighted by molar-refractivity contribution is -0.162. The van der Waals surface area contributed by atoms with Crippen LogP contribution >= 0.6 is 0 Å². The first kappa shape index (κ1) is 18.5. The number of carbonyl (C=O) groups is 3. The first-order valence-corrected chi connectivity index (χ1v) is 9.44. The van der Waals surface area contributed by atoms with E-state index in [0.717, 1.165) is 31.4 Å². The third-order valence-electron chi connectivity index (χ3n) is 5.70. The van der Waals surface area contributed by atoms with Crippen molar-refractivity contribution in [2.24, 2.45) is 11.3 Å². The number of terminal acetylenes is 1. The predicted molar refractivity (Wildman–Crippen MR) is 95.5 cm³/mol. The molecule has 6 heteroatoms. The van der Waals surface area contributed by atoms with Crippen LogP contribution in [-0.4, -0.2) is 42.4 Å². The van der Waals surface area contributed by atoms with Crippen LogP contribution in [0.15, 0.2) is 11.3 Å². The Bertz CT molecular complexity index is 686. The summed E-state index contributed by atoms with van der Waals surface area (Å²) in [5.41, 5.74) is 1.33. The highest BCUT2D eigenvalue weighted by Gasteiger charge is 2.56. The van der Waals surface area contributed by atoms with Crippen LogP contribution in [0, 0.1) is 23.7 Å². The number of piperidine rings is 1. The van der Waals surface area contributed by atoms with Crippen LogP contribution in [0.2, 0.25) is 0 Å². The van der Waals surface area contributed by atoms with Gasteiger partial charge in [-0.25, -0.2) is 0 Å². The van der Waals surface area contributed by atoms with E-state index in [2.05, 4.69) is 11.2 Å². The molecule has 0 bridgehead atoms. The number of carbonyl (C=O) groups excluding carboxylic acids is 3. The monoisotopic (exact) mass is 358 g/mol. The van der Waals surface area contributed by atoms with E-state index in [0.29, 0.717) is 26.0 Å². The minimum Gasteiger partial charge on any atom is -0.465 e. The molecule has 0 radical (unpaired) electrons. The zero-order valence-electron chi connectivity index (χ0n) is 15.3. The number of nitrogens with zero attached hydrogens (tertiary/aromatic N) is 1. The van der Waals surface area contributed by atoms with Crippen molar-refractivity contribution in [3.63, 3.8) is 0 Å². The molecule has 2 heterocycles. The maximum absolute atomic E-state index is 13.0. The molecule has 2 amide bonds. The average molecular weight is 358 g/mol. The summed E-state index contributed by atoms with van der Waals surface area (Å²) in [4.78, 5) is 39.9. The normalized spacial score (nSPS) is 27.5. The van der Waals surface area contributed by atoms with Crippen LogP contribution in [0.25, 0.3) is 0 Å². The number of esters is 1. The fourth-order valence-corrected chi connectivity index (χ4v) is 4.74. The van der Waals surface area contributed by atoms with Crippen LogP contribution in [0.1, 0.15) is 51.9 Å². The minimum absolute atomic E-state index is 0.0464. The topological polar surface area (TPSA) is 75.7 Å². The van der Waals surface area contributed by atoms with Gasteiger partial charge in [-0.3, -0.25) is 14.4 Å². The average Bonchev–Trinajstić information content (AvgIpc) is 2.64. The van der Waals surface area contributed by atoms with Gasteiger partial charge in [0.1, 0.15) is 5.41 Å². The second-order valence-corrected chi connectivity index (χ2v) is 7.29. The molecule has 0 unspecified atom stereocenters. The fourth-order valence-electron chi connectivity index (χ4n) is 4.74. The highest BCUT2D eigenvalue weighted by molar-refractivity contribution is 5.92. The van der Waals surface area contributed by atoms with Crippen LogP contribution < -0.4 is 5.32 Å². The maximum atomic E-state index is 13.0. The zero-order valence-corrected chi connectivity index (χ0v) is 15.3. The molecule has 0 aromatic rings. The molecule has 3 rings (SSSR count). The Morgan fingerprint density at radius 2 is 2.15 bits per heavy atom. The summed E-state index contributed by atoms with van der Waals surface area (Å²) in [6.45, 7) is 2.86. The molecular formula is C20H26N2O4. The van der Waals surface area contributed by atoms with E-state index in [4.69, 9.17) is 11.2 Å². The maximum Gasteiger partial charge on any atom is 0.318 e. The molecule has 1 saturated heterocycles. The second kappa shape index (κ2) is 7.53. The summed E-state index contributed by atoms with van der Waals surface area (Å²) in [6.07, 6.45) is 9.95. The lowest BCUT2D eigenvalue weighted by Crippen LogP contribution is -2.56. The number of ether oxygens (including phenoxy) is 1. The van der Waals surface area contributed by atoms with Gasteiger partial charge in [0.05, 0.1) is 13.2 Å². The van der Waals surface area contributed by atoms with Crippen molar-refractivity contribution < 1.29 is 19.1 Å². The summed E-state index contributed by atoms with van der Waals surface area (Å²) in [5, 5.41) is 2.62. The van der Waals surface area contributed by atoms with Crippen molar-refractivity contribution in [3.8, 4) is 12.3 Å². The Morgan fingerprint density at radius 3 is 2.88 bits per heavy atom. The molecule has 1 fully saturated rings. The highest BCUT2D eigenvalue weighted by atomic mass is 16.5. The molecule has 1 N–H and O–H groups in total. The Morgan fingerprint density at radius 1 is 1.38 bits per heavy atom. The fraction of sp³-hybridized carbons (Fsp3) is 0.650. The highest BCUT2D eigenvalue weighted by Crippen LogP contribution is 2.54. The van der Waals surface area contributed by atoms with Crippen LogP contribution in [0.5, 0.6) is 0 Å². The van der Waals surface area contributed by atoms with Gasteiger partial charge in [0, 0.05) is 24.6 Å². The lowest BCUT2D eigenvalue weighted by Gasteiger charge is -2.51. The Labute approximate surface area is 154 Å². The first-order valence-electron chi connectivity index (χ1n) is 9.44.